The molecule has 0 bridgehead atoms. The Labute approximate surface area is 114 Å². The summed E-state index contributed by atoms with van der Waals surface area (Å²) in [6.07, 6.45) is 3.31. The second kappa shape index (κ2) is 5.04. The van der Waals surface area contributed by atoms with Crippen molar-refractivity contribution in [2.24, 2.45) is 0 Å². The molecule has 0 atom stereocenters. The van der Waals surface area contributed by atoms with Crippen LogP contribution < -0.4 is 5.32 Å². The third kappa shape index (κ3) is 2.33. The lowest BCUT2D eigenvalue weighted by molar-refractivity contribution is 0.0940. The van der Waals surface area contributed by atoms with Gasteiger partial charge in [0.05, 0.1) is 12.2 Å². The minimum absolute atomic E-state index is 0.0998. The smallest absolute Gasteiger partial charge is 0.291 e. The summed E-state index contributed by atoms with van der Waals surface area (Å²) < 4.78 is 1.54. The van der Waals surface area contributed by atoms with Gasteiger partial charge < -0.3 is 5.32 Å². The van der Waals surface area contributed by atoms with E-state index in [0.29, 0.717) is 12.3 Å². The van der Waals surface area contributed by atoms with Gasteiger partial charge in [-0.05, 0) is 25.1 Å². The number of nitrogens with zero attached hydrogens (tertiary/aromatic N) is 5. The number of pyridine rings is 1. The first-order chi connectivity index (χ1) is 9.74. The van der Waals surface area contributed by atoms with E-state index >= 15 is 0 Å². The highest BCUT2D eigenvalue weighted by molar-refractivity contribution is 5.90. The van der Waals surface area contributed by atoms with Crippen LogP contribution in [0.2, 0.25) is 0 Å². The molecular formula is C13H12N6O. The number of carbonyl (C=O) groups is 1. The zero-order valence-corrected chi connectivity index (χ0v) is 10.8. The number of fused-ring (bicyclic) bond motifs is 1. The Bertz CT molecular complexity index is 752. The van der Waals surface area contributed by atoms with E-state index in [1.165, 1.54) is 4.52 Å². The maximum atomic E-state index is 12.0. The summed E-state index contributed by atoms with van der Waals surface area (Å²) in [6.45, 7) is 2.21. The average molecular weight is 268 g/mol. The minimum Gasteiger partial charge on any atom is -0.344 e. The minimum atomic E-state index is -0.347. The van der Waals surface area contributed by atoms with E-state index in [4.69, 9.17) is 0 Å². The fourth-order valence-corrected chi connectivity index (χ4v) is 1.76. The van der Waals surface area contributed by atoms with Gasteiger partial charge in [0.25, 0.3) is 11.7 Å². The summed E-state index contributed by atoms with van der Waals surface area (Å²) in [5.74, 6) is 0.163. The summed E-state index contributed by atoms with van der Waals surface area (Å²) in [5, 5.41) is 6.86. The Morgan fingerprint density at radius 1 is 1.25 bits per heavy atom. The number of hydrogen-bond acceptors (Lipinski definition) is 5. The molecule has 1 N–H and O–H groups in total. The predicted molar refractivity (Wildman–Crippen MR) is 70.9 cm³/mol. The zero-order valence-electron chi connectivity index (χ0n) is 10.8. The molecule has 100 valence electrons. The number of carbonyl (C=O) groups excluding carboxylic acids is 1. The van der Waals surface area contributed by atoms with Crippen LogP contribution in [-0.4, -0.2) is 30.5 Å². The molecule has 7 nitrogen and oxygen atoms in total. The van der Waals surface area contributed by atoms with Gasteiger partial charge in [-0.25, -0.2) is 9.50 Å². The van der Waals surface area contributed by atoms with Crippen LogP contribution in [0, 0.1) is 6.92 Å². The van der Waals surface area contributed by atoms with Crippen LogP contribution in [0.4, 0.5) is 0 Å². The van der Waals surface area contributed by atoms with E-state index in [1.807, 2.05) is 25.1 Å². The molecule has 0 spiro atoms. The Kier molecular flexibility index (Phi) is 3.08. The van der Waals surface area contributed by atoms with Gasteiger partial charge in [0.1, 0.15) is 0 Å². The van der Waals surface area contributed by atoms with E-state index in [2.05, 4.69) is 25.4 Å². The topological polar surface area (TPSA) is 85.1 Å². The molecule has 3 heterocycles. The maximum Gasteiger partial charge on any atom is 0.291 e. The standard InChI is InChI=1S/C13H12N6O/c1-9-5-7-15-13-17-11(18-19(9)13)12(20)16-8-10-4-2-3-6-14-10/h2-7H,8H2,1H3,(H,16,20). The Hall–Kier alpha value is -2.83. The molecule has 0 unspecified atom stereocenters. The number of amides is 1. The van der Waals surface area contributed by atoms with Crippen LogP contribution >= 0.6 is 0 Å². The van der Waals surface area contributed by atoms with Crippen LogP contribution in [0.1, 0.15) is 22.0 Å². The van der Waals surface area contributed by atoms with Gasteiger partial charge in [-0.15, -0.1) is 5.10 Å². The first-order valence-corrected chi connectivity index (χ1v) is 6.10. The van der Waals surface area contributed by atoms with E-state index < -0.39 is 0 Å². The highest BCUT2D eigenvalue weighted by atomic mass is 16.2. The number of aromatic nitrogens is 5. The fourth-order valence-electron chi connectivity index (χ4n) is 1.76. The monoisotopic (exact) mass is 268 g/mol. The molecule has 0 aliphatic rings. The average Bonchev–Trinajstić information content (AvgIpc) is 2.91. The van der Waals surface area contributed by atoms with Crippen molar-refractivity contribution in [1.29, 1.82) is 0 Å². The lowest BCUT2D eigenvalue weighted by atomic mass is 10.3. The third-order valence-electron chi connectivity index (χ3n) is 2.79. The molecule has 3 aromatic rings. The van der Waals surface area contributed by atoms with E-state index in [1.54, 1.807) is 18.5 Å². The van der Waals surface area contributed by atoms with E-state index in [-0.39, 0.29) is 11.7 Å². The van der Waals surface area contributed by atoms with Gasteiger partial charge in [0, 0.05) is 18.1 Å². The van der Waals surface area contributed by atoms with Crippen molar-refractivity contribution in [2.45, 2.75) is 13.5 Å². The molecule has 7 heteroatoms. The Morgan fingerprint density at radius 3 is 2.90 bits per heavy atom. The van der Waals surface area contributed by atoms with Gasteiger partial charge in [-0.1, -0.05) is 6.07 Å². The van der Waals surface area contributed by atoms with Crippen molar-refractivity contribution in [1.82, 2.24) is 29.9 Å². The SMILES string of the molecule is Cc1ccnc2nc(C(=O)NCc3ccccn3)nn12. The summed E-state index contributed by atoms with van der Waals surface area (Å²) in [6, 6.07) is 7.33. The fraction of sp³-hybridized carbons (Fsp3) is 0.154. The normalized spacial score (nSPS) is 10.7. The predicted octanol–water partition coefficient (Wildman–Crippen LogP) is 0.758. The number of hydrogen-bond donors (Lipinski definition) is 1. The van der Waals surface area contributed by atoms with E-state index in [0.717, 1.165) is 11.4 Å². The third-order valence-corrected chi connectivity index (χ3v) is 2.79. The molecule has 0 saturated carbocycles. The van der Waals surface area contributed by atoms with Gasteiger partial charge in [-0.3, -0.25) is 9.78 Å². The molecule has 0 fully saturated rings. The van der Waals surface area contributed by atoms with Crippen LogP contribution in [-0.2, 0) is 6.54 Å². The highest BCUT2D eigenvalue weighted by Crippen LogP contribution is 2.02. The van der Waals surface area contributed by atoms with Crippen molar-refractivity contribution in [2.75, 3.05) is 0 Å². The molecule has 0 radical (unpaired) electrons. The largest absolute Gasteiger partial charge is 0.344 e. The van der Waals surface area contributed by atoms with Crippen LogP contribution in [0.3, 0.4) is 0 Å². The molecule has 0 saturated heterocycles. The molecule has 0 aliphatic carbocycles. The molecule has 0 aliphatic heterocycles. The van der Waals surface area contributed by atoms with Gasteiger partial charge in [0.15, 0.2) is 0 Å². The summed E-state index contributed by atoms with van der Waals surface area (Å²) in [4.78, 5) is 24.3. The van der Waals surface area contributed by atoms with Crippen molar-refractivity contribution in [3.8, 4) is 0 Å². The maximum absolute atomic E-state index is 12.0. The zero-order chi connectivity index (χ0) is 13.9. The van der Waals surface area contributed by atoms with E-state index in [9.17, 15) is 4.79 Å². The lowest BCUT2D eigenvalue weighted by Crippen LogP contribution is -2.24. The molecule has 3 aromatic heterocycles. The van der Waals surface area contributed by atoms with Crippen molar-refractivity contribution >= 4 is 11.7 Å². The summed E-state index contributed by atoms with van der Waals surface area (Å²) in [5.41, 5.74) is 1.64. The summed E-state index contributed by atoms with van der Waals surface area (Å²) >= 11 is 0. The lowest BCUT2D eigenvalue weighted by Gasteiger charge is -2.00. The van der Waals surface area contributed by atoms with Gasteiger partial charge in [-0.2, -0.15) is 4.98 Å². The Morgan fingerprint density at radius 2 is 2.15 bits per heavy atom. The van der Waals surface area contributed by atoms with Crippen LogP contribution in [0.5, 0.6) is 0 Å². The molecule has 0 aromatic carbocycles. The van der Waals surface area contributed by atoms with Crippen molar-refractivity contribution < 1.29 is 4.79 Å². The highest BCUT2D eigenvalue weighted by Gasteiger charge is 2.13. The molecule has 1 amide bonds. The molecular weight excluding hydrogens is 256 g/mol. The second-order valence-corrected chi connectivity index (χ2v) is 4.24. The van der Waals surface area contributed by atoms with Crippen LogP contribution in [0.25, 0.3) is 5.78 Å². The first-order valence-electron chi connectivity index (χ1n) is 6.10. The molecule has 20 heavy (non-hydrogen) atoms. The van der Waals surface area contributed by atoms with Crippen LogP contribution in [0.15, 0.2) is 36.7 Å². The van der Waals surface area contributed by atoms with Crippen molar-refractivity contribution in [3.05, 3.63) is 53.9 Å². The van der Waals surface area contributed by atoms with Crippen molar-refractivity contribution in [3.63, 3.8) is 0 Å². The summed E-state index contributed by atoms with van der Waals surface area (Å²) in [7, 11) is 0. The second-order valence-electron chi connectivity index (χ2n) is 4.24. The number of rotatable bonds is 3. The Balaban J connectivity index is 1.77. The molecule has 3 rings (SSSR count). The number of nitrogens with one attached hydrogen (secondary N) is 1. The van der Waals surface area contributed by atoms with Gasteiger partial charge in [0.2, 0.25) is 5.82 Å². The quantitative estimate of drug-likeness (QED) is 0.758. The first kappa shape index (κ1) is 12.2. The number of aryl methyl sites for hydroxylation is 1. The van der Waals surface area contributed by atoms with Gasteiger partial charge >= 0.3 is 0 Å².